The fourth-order valence-electron chi connectivity index (χ4n) is 3.85. The van der Waals surface area contributed by atoms with E-state index in [2.05, 4.69) is 5.32 Å². The molecule has 3 aromatic carbocycles. The standard InChI is InChI=1S/C22H22N4O3/c23-18-19(21(28)20(18)27)25-13-11-17(12-14-25)26(16-9-5-2-6-10-16)22(29)24-15-7-3-1-4-8-15/h1-10,17H,11-14,23H2,(H,24,29). The maximum atomic E-state index is 13.1. The van der Waals surface area contributed by atoms with Crippen molar-refractivity contribution < 1.29 is 4.79 Å². The van der Waals surface area contributed by atoms with Gasteiger partial charge in [0, 0.05) is 30.5 Å². The SMILES string of the molecule is Nc1c(N2CCC(N(C(=O)Nc3ccccc3)c3ccccc3)CC2)c(=O)c1=O. The number of benzene rings is 2. The summed E-state index contributed by atoms with van der Waals surface area (Å²) in [6, 6.07) is 18.6. The Morgan fingerprint density at radius 3 is 2.10 bits per heavy atom. The summed E-state index contributed by atoms with van der Waals surface area (Å²) in [4.78, 5) is 40.0. The second-order valence-corrected chi connectivity index (χ2v) is 7.14. The molecule has 3 N–H and O–H groups in total. The van der Waals surface area contributed by atoms with E-state index < -0.39 is 10.9 Å². The zero-order valence-corrected chi connectivity index (χ0v) is 15.9. The first-order valence-corrected chi connectivity index (χ1v) is 9.60. The molecule has 4 rings (SSSR count). The lowest BCUT2D eigenvalue weighted by Gasteiger charge is -2.39. The Bertz CT molecular complexity index is 1070. The van der Waals surface area contributed by atoms with Crippen molar-refractivity contribution in [2.24, 2.45) is 0 Å². The van der Waals surface area contributed by atoms with Gasteiger partial charge in [0.05, 0.1) is 0 Å². The number of amides is 2. The molecular weight excluding hydrogens is 368 g/mol. The van der Waals surface area contributed by atoms with Crippen LogP contribution in [0.25, 0.3) is 0 Å². The van der Waals surface area contributed by atoms with Gasteiger partial charge in [0.1, 0.15) is 11.4 Å². The lowest BCUT2D eigenvalue weighted by atomic mass is 10.0. The van der Waals surface area contributed by atoms with E-state index in [-0.39, 0.29) is 17.8 Å². The summed E-state index contributed by atoms with van der Waals surface area (Å²) in [6.07, 6.45) is 1.32. The summed E-state index contributed by atoms with van der Waals surface area (Å²) in [5.74, 6) is 0. The summed E-state index contributed by atoms with van der Waals surface area (Å²) in [6.45, 7) is 1.11. The Hall–Kier alpha value is -3.61. The first-order valence-electron chi connectivity index (χ1n) is 9.60. The average molecular weight is 390 g/mol. The predicted molar refractivity (Wildman–Crippen MR) is 115 cm³/mol. The van der Waals surface area contributed by atoms with Gasteiger partial charge in [-0.2, -0.15) is 0 Å². The minimum Gasteiger partial charge on any atom is -0.394 e. The molecule has 1 fully saturated rings. The van der Waals surface area contributed by atoms with Crippen molar-refractivity contribution >= 4 is 28.8 Å². The van der Waals surface area contributed by atoms with Crippen molar-refractivity contribution in [2.75, 3.05) is 33.9 Å². The maximum absolute atomic E-state index is 13.1. The number of urea groups is 1. The summed E-state index contributed by atoms with van der Waals surface area (Å²) < 4.78 is 0. The molecule has 0 spiro atoms. The Balaban J connectivity index is 1.52. The number of anilines is 4. The monoisotopic (exact) mass is 390 g/mol. The van der Waals surface area contributed by atoms with Crippen LogP contribution in [0, 0.1) is 0 Å². The normalized spacial score (nSPS) is 14.7. The fourth-order valence-corrected chi connectivity index (χ4v) is 3.85. The van der Waals surface area contributed by atoms with E-state index in [9.17, 15) is 14.4 Å². The van der Waals surface area contributed by atoms with Gasteiger partial charge >= 0.3 is 6.03 Å². The number of rotatable bonds is 4. The number of nitrogens with one attached hydrogen (secondary N) is 1. The molecule has 148 valence electrons. The van der Waals surface area contributed by atoms with Crippen molar-refractivity contribution in [1.29, 1.82) is 0 Å². The minimum absolute atomic E-state index is 0.0370. The van der Waals surface area contributed by atoms with Gasteiger partial charge in [-0.05, 0) is 37.1 Å². The summed E-state index contributed by atoms with van der Waals surface area (Å²) in [5.41, 5.74) is 6.51. The number of hydrogen-bond acceptors (Lipinski definition) is 5. The Labute approximate surface area is 168 Å². The third kappa shape index (κ3) is 3.59. The van der Waals surface area contributed by atoms with Crippen LogP contribution in [0.4, 0.5) is 27.5 Å². The molecular formula is C22H22N4O3. The Morgan fingerprint density at radius 1 is 0.931 bits per heavy atom. The van der Waals surface area contributed by atoms with Crippen molar-refractivity contribution in [1.82, 2.24) is 0 Å². The van der Waals surface area contributed by atoms with Gasteiger partial charge in [0.15, 0.2) is 0 Å². The molecule has 29 heavy (non-hydrogen) atoms. The number of nitrogens with zero attached hydrogens (tertiary/aromatic N) is 2. The first kappa shape index (κ1) is 18.7. The molecule has 2 amide bonds. The molecule has 0 aliphatic carbocycles. The lowest BCUT2D eigenvalue weighted by Crippen LogP contribution is -2.52. The number of piperidine rings is 1. The van der Waals surface area contributed by atoms with E-state index in [0.717, 1.165) is 11.4 Å². The highest BCUT2D eigenvalue weighted by Gasteiger charge is 2.32. The molecule has 0 radical (unpaired) electrons. The van der Waals surface area contributed by atoms with Gasteiger partial charge in [-0.1, -0.05) is 36.4 Å². The molecule has 0 aromatic heterocycles. The summed E-state index contributed by atoms with van der Waals surface area (Å²) in [5, 5.41) is 2.96. The molecule has 0 bridgehead atoms. The highest BCUT2D eigenvalue weighted by molar-refractivity contribution is 6.02. The van der Waals surface area contributed by atoms with Crippen molar-refractivity contribution in [3.8, 4) is 0 Å². The third-order valence-corrected chi connectivity index (χ3v) is 5.35. The van der Waals surface area contributed by atoms with Crippen LogP contribution in [0.2, 0.25) is 0 Å². The average Bonchev–Trinajstić information content (AvgIpc) is 2.76. The predicted octanol–water partition coefficient (Wildman–Crippen LogP) is 2.57. The van der Waals surface area contributed by atoms with Crippen LogP contribution in [0.1, 0.15) is 12.8 Å². The van der Waals surface area contributed by atoms with Crippen molar-refractivity contribution in [3.63, 3.8) is 0 Å². The molecule has 0 unspecified atom stereocenters. The maximum Gasteiger partial charge on any atom is 0.326 e. The first-order chi connectivity index (χ1) is 14.1. The van der Waals surface area contributed by atoms with E-state index >= 15 is 0 Å². The second-order valence-electron chi connectivity index (χ2n) is 7.14. The Morgan fingerprint density at radius 2 is 1.52 bits per heavy atom. The van der Waals surface area contributed by atoms with E-state index in [1.54, 1.807) is 4.90 Å². The van der Waals surface area contributed by atoms with Crippen LogP contribution in [-0.4, -0.2) is 25.2 Å². The largest absolute Gasteiger partial charge is 0.394 e. The third-order valence-electron chi connectivity index (χ3n) is 5.35. The van der Waals surface area contributed by atoms with Crippen LogP contribution < -0.4 is 31.7 Å². The van der Waals surface area contributed by atoms with Crippen LogP contribution >= 0.6 is 0 Å². The quantitative estimate of drug-likeness (QED) is 0.668. The topological polar surface area (TPSA) is 95.7 Å². The number of nitrogen functional groups attached to an aromatic ring is 1. The number of carbonyl (C=O) groups excluding carboxylic acids is 1. The van der Waals surface area contributed by atoms with Crippen LogP contribution in [0.3, 0.4) is 0 Å². The van der Waals surface area contributed by atoms with E-state index in [1.807, 2.05) is 65.6 Å². The van der Waals surface area contributed by atoms with Crippen LogP contribution in [-0.2, 0) is 0 Å². The van der Waals surface area contributed by atoms with Gasteiger partial charge in [-0.15, -0.1) is 0 Å². The molecule has 0 atom stereocenters. The molecule has 7 heteroatoms. The van der Waals surface area contributed by atoms with Gasteiger partial charge in [-0.25, -0.2) is 4.79 Å². The van der Waals surface area contributed by atoms with Gasteiger partial charge < -0.3 is 16.0 Å². The molecule has 1 aliphatic heterocycles. The van der Waals surface area contributed by atoms with E-state index in [4.69, 9.17) is 5.73 Å². The van der Waals surface area contributed by atoms with Crippen LogP contribution in [0.5, 0.6) is 0 Å². The zero-order valence-electron chi connectivity index (χ0n) is 15.9. The molecule has 0 saturated carbocycles. The van der Waals surface area contributed by atoms with Crippen LogP contribution in [0.15, 0.2) is 70.3 Å². The highest BCUT2D eigenvalue weighted by atomic mass is 16.2. The number of carbonyl (C=O) groups is 1. The Kier molecular flexibility index (Phi) is 5.03. The lowest BCUT2D eigenvalue weighted by molar-refractivity contribution is 0.253. The van der Waals surface area contributed by atoms with Gasteiger partial charge in [0.2, 0.25) is 0 Å². The second kappa shape index (κ2) is 7.79. The van der Waals surface area contributed by atoms with E-state index in [1.165, 1.54) is 0 Å². The van der Waals surface area contributed by atoms with E-state index in [0.29, 0.717) is 31.6 Å². The minimum atomic E-state index is -0.602. The molecule has 1 heterocycles. The molecule has 3 aromatic rings. The van der Waals surface area contributed by atoms with Crippen molar-refractivity contribution in [2.45, 2.75) is 18.9 Å². The molecule has 1 saturated heterocycles. The fraction of sp³-hybridized carbons (Fsp3) is 0.227. The van der Waals surface area contributed by atoms with Gasteiger partial charge in [0.25, 0.3) is 10.9 Å². The smallest absolute Gasteiger partial charge is 0.326 e. The number of para-hydroxylation sites is 2. The summed E-state index contributed by atoms with van der Waals surface area (Å²) >= 11 is 0. The number of hydrogen-bond donors (Lipinski definition) is 2. The molecule has 7 nitrogen and oxygen atoms in total. The number of nitrogens with two attached hydrogens (primary N) is 1. The zero-order chi connectivity index (χ0) is 20.4. The summed E-state index contributed by atoms with van der Waals surface area (Å²) in [7, 11) is 0. The van der Waals surface area contributed by atoms with Crippen molar-refractivity contribution in [3.05, 3.63) is 81.1 Å². The van der Waals surface area contributed by atoms with Gasteiger partial charge in [-0.3, -0.25) is 14.5 Å². The highest BCUT2D eigenvalue weighted by Crippen LogP contribution is 2.28. The molecule has 1 aliphatic rings.